The van der Waals surface area contributed by atoms with Gasteiger partial charge in [-0.2, -0.15) is 0 Å². The van der Waals surface area contributed by atoms with Crippen molar-refractivity contribution in [2.24, 2.45) is 11.8 Å². The van der Waals surface area contributed by atoms with Gasteiger partial charge in [0.1, 0.15) is 5.75 Å². The second-order valence-electron chi connectivity index (χ2n) is 6.11. The number of rotatable bonds is 3. The molecule has 0 amide bonds. The number of hydrogen-bond donors (Lipinski definition) is 1. The molecule has 18 heavy (non-hydrogen) atoms. The molecule has 0 aliphatic heterocycles. The summed E-state index contributed by atoms with van der Waals surface area (Å²) in [7, 11) is 1.68. The zero-order chi connectivity index (χ0) is 13.2. The van der Waals surface area contributed by atoms with Gasteiger partial charge in [0.2, 0.25) is 0 Å². The van der Waals surface area contributed by atoms with E-state index in [0.29, 0.717) is 11.8 Å². The quantitative estimate of drug-likeness (QED) is 0.888. The lowest BCUT2D eigenvalue weighted by Crippen LogP contribution is -2.39. The number of benzene rings is 1. The summed E-state index contributed by atoms with van der Waals surface area (Å²) in [6.07, 6.45) is 3.79. The fourth-order valence-corrected chi connectivity index (χ4v) is 3.54. The average Bonchev–Trinajstić information content (AvgIpc) is 2.26. The molecule has 0 spiro atoms. The Hall–Kier alpha value is -1.02. The van der Waals surface area contributed by atoms with E-state index in [9.17, 15) is 5.11 Å². The van der Waals surface area contributed by atoms with Gasteiger partial charge in [-0.1, -0.05) is 26.0 Å². The minimum atomic E-state index is -0.538. The molecule has 1 saturated carbocycles. The standard InChI is InChI=1S/C16H24O2/c1-12-7-13(2)10-16(17,9-12)11-14-5-4-6-15(8-14)18-3/h4-6,8,12-13,17H,7,9-11H2,1-3H3. The van der Waals surface area contributed by atoms with Crippen LogP contribution in [0.25, 0.3) is 0 Å². The van der Waals surface area contributed by atoms with Crippen LogP contribution in [0.1, 0.15) is 38.7 Å². The normalized spacial score (nSPS) is 32.2. The van der Waals surface area contributed by atoms with Crippen molar-refractivity contribution in [3.63, 3.8) is 0 Å². The smallest absolute Gasteiger partial charge is 0.119 e. The van der Waals surface area contributed by atoms with Gasteiger partial charge in [0, 0.05) is 6.42 Å². The van der Waals surface area contributed by atoms with Gasteiger partial charge in [-0.3, -0.25) is 0 Å². The van der Waals surface area contributed by atoms with Gasteiger partial charge >= 0.3 is 0 Å². The van der Waals surface area contributed by atoms with Crippen LogP contribution in [0.5, 0.6) is 5.75 Å². The first kappa shape index (κ1) is 13.4. The Morgan fingerprint density at radius 3 is 2.56 bits per heavy atom. The van der Waals surface area contributed by atoms with Gasteiger partial charge in [0.15, 0.2) is 0 Å². The maximum absolute atomic E-state index is 10.8. The van der Waals surface area contributed by atoms with Crippen LogP contribution in [0.15, 0.2) is 24.3 Å². The molecule has 1 aromatic carbocycles. The highest BCUT2D eigenvalue weighted by Crippen LogP contribution is 2.38. The molecule has 1 aliphatic carbocycles. The Morgan fingerprint density at radius 2 is 1.94 bits per heavy atom. The molecule has 1 N–H and O–H groups in total. The summed E-state index contributed by atoms with van der Waals surface area (Å²) >= 11 is 0. The van der Waals surface area contributed by atoms with Crippen molar-refractivity contribution in [1.29, 1.82) is 0 Å². The van der Waals surface area contributed by atoms with Crippen molar-refractivity contribution >= 4 is 0 Å². The van der Waals surface area contributed by atoms with Crippen molar-refractivity contribution in [1.82, 2.24) is 0 Å². The first-order valence-electron chi connectivity index (χ1n) is 6.86. The molecular weight excluding hydrogens is 224 g/mol. The molecule has 0 heterocycles. The number of aliphatic hydroxyl groups is 1. The van der Waals surface area contributed by atoms with E-state index in [1.165, 1.54) is 6.42 Å². The van der Waals surface area contributed by atoms with Gasteiger partial charge in [0.25, 0.3) is 0 Å². The highest BCUT2D eigenvalue weighted by molar-refractivity contribution is 5.29. The summed E-state index contributed by atoms with van der Waals surface area (Å²) in [5, 5.41) is 10.8. The average molecular weight is 248 g/mol. The second kappa shape index (κ2) is 5.31. The molecule has 1 aromatic rings. The fraction of sp³-hybridized carbons (Fsp3) is 0.625. The Bertz CT molecular complexity index is 390. The maximum atomic E-state index is 10.8. The summed E-state index contributed by atoms with van der Waals surface area (Å²) in [5.74, 6) is 2.10. The summed E-state index contributed by atoms with van der Waals surface area (Å²) < 4.78 is 5.24. The third kappa shape index (κ3) is 3.26. The zero-order valence-corrected chi connectivity index (χ0v) is 11.6. The fourth-order valence-electron chi connectivity index (χ4n) is 3.54. The van der Waals surface area contributed by atoms with E-state index >= 15 is 0 Å². The first-order valence-corrected chi connectivity index (χ1v) is 6.86. The van der Waals surface area contributed by atoms with Gasteiger partial charge in [0.05, 0.1) is 12.7 Å². The molecule has 1 fully saturated rings. The summed E-state index contributed by atoms with van der Waals surface area (Å²) in [5.41, 5.74) is 0.627. The monoisotopic (exact) mass is 248 g/mol. The zero-order valence-electron chi connectivity index (χ0n) is 11.6. The molecule has 0 saturated heterocycles. The van der Waals surface area contributed by atoms with Crippen molar-refractivity contribution in [2.75, 3.05) is 7.11 Å². The molecule has 2 unspecified atom stereocenters. The van der Waals surface area contributed by atoms with E-state index in [-0.39, 0.29) is 0 Å². The summed E-state index contributed by atoms with van der Waals surface area (Å²) in [6.45, 7) is 4.48. The molecule has 0 bridgehead atoms. The Morgan fingerprint density at radius 1 is 1.28 bits per heavy atom. The molecular formula is C16H24O2. The predicted octanol–water partition coefficient (Wildman–Crippen LogP) is 3.42. The van der Waals surface area contributed by atoms with Crippen molar-refractivity contribution in [3.8, 4) is 5.75 Å². The van der Waals surface area contributed by atoms with Crippen LogP contribution in [-0.4, -0.2) is 17.8 Å². The number of methoxy groups -OCH3 is 1. The Labute approximate surface area is 110 Å². The lowest BCUT2D eigenvalue weighted by atomic mass is 9.71. The van der Waals surface area contributed by atoms with E-state index in [2.05, 4.69) is 19.9 Å². The van der Waals surface area contributed by atoms with E-state index in [4.69, 9.17) is 4.74 Å². The molecule has 0 radical (unpaired) electrons. The van der Waals surface area contributed by atoms with E-state index in [1.54, 1.807) is 7.11 Å². The predicted molar refractivity (Wildman–Crippen MR) is 73.8 cm³/mol. The van der Waals surface area contributed by atoms with Gasteiger partial charge in [-0.15, -0.1) is 0 Å². The minimum Gasteiger partial charge on any atom is -0.497 e. The third-order valence-electron chi connectivity index (χ3n) is 3.93. The van der Waals surface area contributed by atoms with Crippen molar-refractivity contribution in [2.45, 2.75) is 45.1 Å². The SMILES string of the molecule is COc1cccc(CC2(O)CC(C)CC(C)C2)c1. The maximum Gasteiger partial charge on any atom is 0.119 e. The van der Waals surface area contributed by atoms with Crippen LogP contribution in [0.4, 0.5) is 0 Å². The van der Waals surface area contributed by atoms with Crippen LogP contribution in [0.2, 0.25) is 0 Å². The summed E-state index contributed by atoms with van der Waals surface area (Å²) in [6, 6.07) is 8.04. The first-order chi connectivity index (χ1) is 8.50. The van der Waals surface area contributed by atoms with Crippen molar-refractivity contribution < 1.29 is 9.84 Å². The highest BCUT2D eigenvalue weighted by Gasteiger charge is 2.35. The van der Waals surface area contributed by atoms with E-state index < -0.39 is 5.60 Å². The topological polar surface area (TPSA) is 29.5 Å². The van der Waals surface area contributed by atoms with E-state index in [0.717, 1.165) is 30.6 Å². The Balaban J connectivity index is 2.11. The van der Waals surface area contributed by atoms with Gasteiger partial charge in [-0.25, -0.2) is 0 Å². The van der Waals surface area contributed by atoms with Gasteiger partial charge < -0.3 is 9.84 Å². The highest BCUT2D eigenvalue weighted by atomic mass is 16.5. The molecule has 1 aliphatic rings. The van der Waals surface area contributed by atoms with Crippen LogP contribution in [0, 0.1) is 11.8 Å². The van der Waals surface area contributed by atoms with E-state index in [1.807, 2.05) is 18.2 Å². The molecule has 2 nitrogen and oxygen atoms in total. The number of ether oxygens (including phenoxy) is 1. The van der Waals surface area contributed by atoms with Crippen LogP contribution >= 0.6 is 0 Å². The Kier molecular flexibility index (Phi) is 3.96. The molecule has 100 valence electrons. The lowest BCUT2D eigenvalue weighted by molar-refractivity contribution is -0.0304. The third-order valence-corrected chi connectivity index (χ3v) is 3.93. The largest absolute Gasteiger partial charge is 0.497 e. The summed E-state index contributed by atoms with van der Waals surface area (Å²) in [4.78, 5) is 0. The second-order valence-corrected chi connectivity index (χ2v) is 6.11. The van der Waals surface area contributed by atoms with Gasteiger partial charge in [-0.05, 0) is 48.8 Å². The molecule has 2 atom stereocenters. The number of hydrogen-bond acceptors (Lipinski definition) is 2. The van der Waals surface area contributed by atoms with Crippen LogP contribution in [0.3, 0.4) is 0 Å². The molecule has 2 rings (SSSR count). The van der Waals surface area contributed by atoms with Crippen LogP contribution in [-0.2, 0) is 6.42 Å². The van der Waals surface area contributed by atoms with Crippen molar-refractivity contribution in [3.05, 3.63) is 29.8 Å². The molecule has 2 heteroatoms. The molecule has 0 aromatic heterocycles. The van der Waals surface area contributed by atoms with Crippen LogP contribution < -0.4 is 4.74 Å². The minimum absolute atomic E-state index is 0.538. The lowest BCUT2D eigenvalue weighted by Gasteiger charge is -2.39.